The van der Waals surface area contributed by atoms with Gasteiger partial charge in [-0.3, -0.25) is 4.90 Å². The fourth-order valence-electron chi connectivity index (χ4n) is 2.74. The fourth-order valence-corrected chi connectivity index (χ4v) is 3.56. The van der Waals surface area contributed by atoms with Crippen molar-refractivity contribution in [2.75, 3.05) is 39.0 Å². The molecular formula is C14H22FN3O2S. The minimum atomic E-state index is -3.16. The average molecular weight is 315 g/mol. The number of benzene rings is 1. The number of piperazine rings is 1. The molecule has 1 saturated heterocycles. The Bertz CT molecular complexity index is 598. The topological polar surface area (TPSA) is 66.6 Å². The molecule has 5 nitrogen and oxygen atoms in total. The van der Waals surface area contributed by atoms with Crippen LogP contribution in [0.25, 0.3) is 0 Å². The molecule has 1 heterocycles. The lowest BCUT2D eigenvalue weighted by atomic mass is 10.0. The third-order valence-corrected chi connectivity index (χ3v) is 5.22. The number of halogens is 1. The molecule has 1 aromatic rings. The van der Waals surface area contributed by atoms with Gasteiger partial charge in [-0.25, -0.2) is 12.8 Å². The van der Waals surface area contributed by atoms with E-state index in [0.717, 1.165) is 5.56 Å². The molecule has 0 radical (unpaired) electrons. The fraction of sp³-hybridized carbons (Fsp3) is 0.571. The van der Waals surface area contributed by atoms with Crippen molar-refractivity contribution in [3.8, 4) is 0 Å². The second kappa shape index (κ2) is 6.39. The van der Waals surface area contributed by atoms with Crippen molar-refractivity contribution in [2.24, 2.45) is 5.73 Å². The molecule has 0 saturated carbocycles. The maximum Gasteiger partial charge on any atom is 0.211 e. The summed E-state index contributed by atoms with van der Waals surface area (Å²) in [5.41, 5.74) is 7.41. The second-order valence-corrected chi connectivity index (χ2v) is 7.46. The highest BCUT2D eigenvalue weighted by Gasteiger charge is 2.29. The molecule has 0 bridgehead atoms. The van der Waals surface area contributed by atoms with E-state index in [4.69, 9.17) is 5.73 Å². The predicted molar refractivity (Wildman–Crippen MR) is 80.9 cm³/mol. The summed E-state index contributed by atoms with van der Waals surface area (Å²) in [5, 5.41) is 0. The van der Waals surface area contributed by atoms with Crippen LogP contribution in [0.5, 0.6) is 0 Å². The second-order valence-electron chi connectivity index (χ2n) is 5.47. The molecule has 0 amide bonds. The van der Waals surface area contributed by atoms with E-state index in [1.54, 1.807) is 6.07 Å². The molecule has 0 aliphatic carbocycles. The summed E-state index contributed by atoms with van der Waals surface area (Å²) < 4.78 is 38.5. The largest absolute Gasteiger partial charge is 0.329 e. The quantitative estimate of drug-likeness (QED) is 0.889. The molecule has 0 spiro atoms. The summed E-state index contributed by atoms with van der Waals surface area (Å²) in [6.07, 6.45) is 1.21. The zero-order valence-corrected chi connectivity index (χ0v) is 13.2. The number of nitrogens with zero attached hydrogens (tertiary/aromatic N) is 2. The van der Waals surface area contributed by atoms with Gasteiger partial charge in [0.05, 0.1) is 12.3 Å². The van der Waals surface area contributed by atoms with E-state index in [9.17, 15) is 12.8 Å². The van der Waals surface area contributed by atoms with E-state index in [0.29, 0.717) is 38.3 Å². The molecule has 118 valence electrons. The van der Waals surface area contributed by atoms with Gasteiger partial charge >= 0.3 is 0 Å². The van der Waals surface area contributed by atoms with Gasteiger partial charge in [-0.2, -0.15) is 4.31 Å². The van der Waals surface area contributed by atoms with E-state index >= 15 is 0 Å². The van der Waals surface area contributed by atoms with Crippen LogP contribution < -0.4 is 5.73 Å². The summed E-state index contributed by atoms with van der Waals surface area (Å²) in [5.74, 6) is -0.262. The monoisotopic (exact) mass is 315 g/mol. The summed E-state index contributed by atoms with van der Waals surface area (Å²) in [6.45, 7) is 4.17. The number of hydrogen-bond donors (Lipinski definition) is 1. The molecule has 2 N–H and O–H groups in total. The normalized spacial score (nSPS) is 19.6. The Morgan fingerprint density at radius 3 is 2.43 bits per heavy atom. The summed E-state index contributed by atoms with van der Waals surface area (Å²) in [4.78, 5) is 2.06. The first-order valence-electron chi connectivity index (χ1n) is 6.98. The lowest BCUT2D eigenvalue weighted by molar-refractivity contribution is 0.138. The van der Waals surface area contributed by atoms with E-state index in [2.05, 4.69) is 4.90 Å². The summed E-state index contributed by atoms with van der Waals surface area (Å²) in [6, 6.07) is 4.79. The van der Waals surface area contributed by atoms with Gasteiger partial charge in [-0.1, -0.05) is 17.7 Å². The van der Waals surface area contributed by atoms with Gasteiger partial charge in [0, 0.05) is 38.3 Å². The van der Waals surface area contributed by atoms with Crippen molar-refractivity contribution in [2.45, 2.75) is 13.0 Å². The van der Waals surface area contributed by atoms with Crippen LogP contribution in [0, 0.1) is 12.7 Å². The Balaban J connectivity index is 2.15. The predicted octanol–water partition coefficient (Wildman–Crippen LogP) is 0.711. The standard InChI is InChI=1S/C14H22FN3O2S/c1-11-3-4-13(15)12(9-11)14(10-16)17-5-7-18(8-6-17)21(2,19)20/h3-4,9,14H,5-8,10,16H2,1-2H3. The van der Waals surface area contributed by atoms with Crippen LogP contribution in [0.15, 0.2) is 18.2 Å². The van der Waals surface area contributed by atoms with E-state index in [1.165, 1.54) is 16.6 Å². The van der Waals surface area contributed by atoms with Crippen LogP contribution in [0.2, 0.25) is 0 Å². The van der Waals surface area contributed by atoms with Crippen LogP contribution in [-0.4, -0.2) is 56.6 Å². The lowest BCUT2D eigenvalue weighted by Gasteiger charge is -2.38. The van der Waals surface area contributed by atoms with Gasteiger partial charge in [0.1, 0.15) is 5.82 Å². The number of aryl methyl sites for hydroxylation is 1. The van der Waals surface area contributed by atoms with Gasteiger partial charge in [0.25, 0.3) is 0 Å². The molecule has 1 aromatic carbocycles. The number of rotatable bonds is 4. The SMILES string of the molecule is Cc1ccc(F)c(C(CN)N2CCN(S(C)(=O)=O)CC2)c1. The first kappa shape index (κ1) is 16.4. The zero-order chi connectivity index (χ0) is 15.6. The molecule has 2 rings (SSSR count). The van der Waals surface area contributed by atoms with E-state index in [1.807, 2.05) is 13.0 Å². The van der Waals surface area contributed by atoms with Gasteiger partial charge in [-0.05, 0) is 13.0 Å². The van der Waals surface area contributed by atoms with E-state index in [-0.39, 0.29) is 11.9 Å². The smallest absolute Gasteiger partial charge is 0.211 e. The Kier molecular flexibility index (Phi) is 4.98. The number of hydrogen-bond acceptors (Lipinski definition) is 4. The summed E-state index contributed by atoms with van der Waals surface area (Å²) in [7, 11) is -3.16. The minimum absolute atomic E-state index is 0.216. The van der Waals surface area contributed by atoms with Crippen molar-refractivity contribution in [3.63, 3.8) is 0 Å². The summed E-state index contributed by atoms with van der Waals surface area (Å²) >= 11 is 0. The maximum atomic E-state index is 14.0. The van der Waals surface area contributed by atoms with Crippen LogP contribution >= 0.6 is 0 Å². The van der Waals surface area contributed by atoms with Gasteiger partial charge in [0.15, 0.2) is 0 Å². The average Bonchev–Trinajstić information content (AvgIpc) is 2.43. The first-order valence-corrected chi connectivity index (χ1v) is 8.83. The number of sulfonamides is 1. The van der Waals surface area contributed by atoms with Gasteiger partial charge < -0.3 is 5.73 Å². The highest BCUT2D eigenvalue weighted by molar-refractivity contribution is 7.88. The van der Waals surface area contributed by atoms with Crippen LogP contribution in [0.4, 0.5) is 4.39 Å². The molecule has 7 heteroatoms. The Hall–Kier alpha value is -1.02. The van der Waals surface area contributed by atoms with Gasteiger partial charge in [-0.15, -0.1) is 0 Å². The molecular weight excluding hydrogens is 293 g/mol. The first-order chi connectivity index (χ1) is 9.82. The zero-order valence-electron chi connectivity index (χ0n) is 12.4. The molecule has 1 aliphatic rings. The van der Waals surface area contributed by atoms with Crippen LogP contribution in [0.3, 0.4) is 0 Å². The van der Waals surface area contributed by atoms with Crippen molar-refractivity contribution < 1.29 is 12.8 Å². The molecule has 1 aliphatic heterocycles. The Labute approximate surface area is 125 Å². The molecule has 1 fully saturated rings. The Morgan fingerprint density at radius 2 is 1.90 bits per heavy atom. The van der Waals surface area contributed by atoms with E-state index < -0.39 is 10.0 Å². The third kappa shape index (κ3) is 3.79. The highest BCUT2D eigenvalue weighted by Crippen LogP contribution is 2.25. The van der Waals surface area contributed by atoms with Gasteiger partial charge in [0.2, 0.25) is 10.0 Å². The highest BCUT2D eigenvalue weighted by atomic mass is 32.2. The Morgan fingerprint density at radius 1 is 1.29 bits per heavy atom. The maximum absolute atomic E-state index is 14.0. The van der Waals surface area contributed by atoms with Crippen molar-refractivity contribution in [3.05, 3.63) is 35.1 Å². The van der Waals surface area contributed by atoms with Crippen molar-refractivity contribution >= 4 is 10.0 Å². The van der Waals surface area contributed by atoms with Crippen molar-refractivity contribution in [1.82, 2.24) is 9.21 Å². The molecule has 21 heavy (non-hydrogen) atoms. The van der Waals surface area contributed by atoms with Crippen LogP contribution in [-0.2, 0) is 10.0 Å². The third-order valence-electron chi connectivity index (χ3n) is 3.92. The van der Waals surface area contributed by atoms with Crippen molar-refractivity contribution in [1.29, 1.82) is 0 Å². The van der Waals surface area contributed by atoms with Crippen LogP contribution in [0.1, 0.15) is 17.2 Å². The molecule has 1 unspecified atom stereocenters. The lowest BCUT2D eigenvalue weighted by Crippen LogP contribution is -2.50. The molecule has 0 aromatic heterocycles. The molecule has 1 atom stereocenters. The minimum Gasteiger partial charge on any atom is -0.329 e. The number of nitrogens with two attached hydrogens (primary N) is 1.